The summed E-state index contributed by atoms with van der Waals surface area (Å²) in [6, 6.07) is 3.05. The molecule has 1 fully saturated rings. The van der Waals surface area contributed by atoms with Gasteiger partial charge in [0.05, 0.1) is 16.3 Å². The minimum atomic E-state index is -4.44. The zero-order chi connectivity index (χ0) is 17.6. The highest BCUT2D eigenvalue weighted by atomic mass is 35.5. The zero-order valence-corrected chi connectivity index (χ0v) is 14.6. The molecule has 2 N–H and O–H groups in total. The Bertz CT molecular complexity index is 607. The topological polar surface area (TPSA) is 36.4 Å². The average Bonchev–Trinajstić information content (AvgIpc) is 2.47. The molecule has 3 nitrogen and oxygen atoms in total. The molecule has 0 atom stereocenters. The number of hydrogen-bond donors (Lipinski definition) is 2. The first-order valence-corrected chi connectivity index (χ1v) is 8.64. The molecule has 1 aliphatic carbocycles. The van der Waals surface area contributed by atoms with Crippen molar-refractivity contribution >= 4 is 40.3 Å². The predicted molar refractivity (Wildman–Crippen MR) is 95.6 cm³/mol. The van der Waals surface area contributed by atoms with Crippen molar-refractivity contribution in [2.75, 3.05) is 5.32 Å². The maximum Gasteiger partial charge on any atom is 0.416 e. The summed E-state index contributed by atoms with van der Waals surface area (Å²) < 4.78 is 38.3. The van der Waals surface area contributed by atoms with E-state index in [4.69, 9.17) is 23.8 Å². The lowest BCUT2D eigenvalue weighted by molar-refractivity contribution is -0.137. The van der Waals surface area contributed by atoms with Gasteiger partial charge >= 0.3 is 6.18 Å². The quantitative estimate of drug-likeness (QED) is 0.509. The van der Waals surface area contributed by atoms with Crippen LogP contribution in [0.2, 0.25) is 5.02 Å². The summed E-state index contributed by atoms with van der Waals surface area (Å²) in [4.78, 5) is 0. The molecular formula is C16H19ClF3N3S. The summed E-state index contributed by atoms with van der Waals surface area (Å²) in [5, 5.41) is 7.23. The maximum atomic E-state index is 12.8. The molecule has 0 amide bonds. The third-order valence-electron chi connectivity index (χ3n) is 3.79. The number of benzene rings is 1. The first kappa shape index (κ1) is 19.0. The molecule has 0 saturated heterocycles. The molecule has 132 valence electrons. The van der Waals surface area contributed by atoms with E-state index in [1.54, 1.807) is 0 Å². The van der Waals surface area contributed by atoms with Crippen LogP contribution < -0.4 is 10.7 Å². The van der Waals surface area contributed by atoms with E-state index in [1.807, 2.05) is 0 Å². The highest BCUT2D eigenvalue weighted by Crippen LogP contribution is 2.33. The van der Waals surface area contributed by atoms with E-state index < -0.39 is 11.7 Å². The van der Waals surface area contributed by atoms with Crippen molar-refractivity contribution < 1.29 is 13.2 Å². The normalized spacial score (nSPS) is 16.1. The molecule has 0 unspecified atom stereocenters. The van der Waals surface area contributed by atoms with Crippen LogP contribution in [-0.2, 0) is 6.18 Å². The van der Waals surface area contributed by atoms with Crippen molar-refractivity contribution in [1.29, 1.82) is 0 Å². The van der Waals surface area contributed by atoms with Gasteiger partial charge in [-0.1, -0.05) is 30.9 Å². The van der Waals surface area contributed by atoms with Gasteiger partial charge in [0.2, 0.25) is 0 Å². The maximum absolute atomic E-state index is 12.8. The van der Waals surface area contributed by atoms with Gasteiger partial charge in [-0.3, -0.25) is 5.43 Å². The number of thiocarbonyl (C=S) groups is 1. The molecule has 0 aromatic heterocycles. The summed E-state index contributed by atoms with van der Waals surface area (Å²) in [6.07, 6.45) is 3.24. The Hall–Kier alpha value is -1.34. The van der Waals surface area contributed by atoms with Crippen molar-refractivity contribution in [2.45, 2.75) is 51.1 Å². The Balaban J connectivity index is 1.99. The summed E-state index contributed by atoms with van der Waals surface area (Å²) in [7, 11) is 0. The molecule has 0 radical (unpaired) electrons. The van der Waals surface area contributed by atoms with E-state index in [1.165, 1.54) is 25.3 Å². The van der Waals surface area contributed by atoms with Crippen molar-refractivity contribution in [3.8, 4) is 0 Å². The smallest absolute Gasteiger partial charge is 0.330 e. The first-order valence-electron chi connectivity index (χ1n) is 7.85. The molecule has 0 aliphatic heterocycles. The Morgan fingerprint density at radius 2 is 1.71 bits per heavy atom. The molecule has 1 aliphatic rings. The van der Waals surface area contributed by atoms with Gasteiger partial charge in [0.1, 0.15) is 0 Å². The summed E-state index contributed by atoms with van der Waals surface area (Å²) in [6.45, 7) is 0. The van der Waals surface area contributed by atoms with Crippen LogP contribution in [0.25, 0.3) is 0 Å². The highest BCUT2D eigenvalue weighted by Gasteiger charge is 2.31. The van der Waals surface area contributed by atoms with Crippen molar-refractivity contribution in [3.05, 3.63) is 28.8 Å². The number of hydrogen-bond acceptors (Lipinski definition) is 2. The van der Waals surface area contributed by atoms with Gasteiger partial charge < -0.3 is 5.32 Å². The standard InChI is InChI=1S/C16H19ClF3N3S/c17-13-9-8-11(16(18,19)20)10-14(13)21-15(24)23-22-12-6-4-2-1-3-5-7-12/h8-10H,1-7H2,(H2,21,23,24). The lowest BCUT2D eigenvalue weighted by Crippen LogP contribution is -2.25. The van der Waals surface area contributed by atoms with Gasteiger partial charge in [-0.25, -0.2) is 0 Å². The van der Waals surface area contributed by atoms with Crippen molar-refractivity contribution in [3.63, 3.8) is 0 Å². The van der Waals surface area contributed by atoms with Crippen molar-refractivity contribution in [1.82, 2.24) is 5.43 Å². The van der Waals surface area contributed by atoms with Gasteiger partial charge in [-0.2, -0.15) is 18.3 Å². The fourth-order valence-corrected chi connectivity index (χ4v) is 2.82. The summed E-state index contributed by atoms with van der Waals surface area (Å²) in [5.41, 5.74) is 3.05. The van der Waals surface area contributed by atoms with Gasteiger partial charge in [-0.05, 0) is 56.1 Å². The molecule has 0 heterocycles. The Labute approximate surface area is 149 Å². The van der Waals surface area contributed by atoms with Crippen LogP contribution in [0.5, 0.6) is 0 Å². The third-order valence-corrected chi connectivity index (χ3v) is 4.31. The average molecular weight is 378 g/mol. The molecule has 2 rings (SSSR count). The molecule has 1 saturated carbocycles. The minimum absolute atomic E-state index is 0.0989. The number of halogens is 4. The van der Waals surface area contributed by atoms with E-state index in [0.29, 0.717) is 0 Å². The zero-order valence-electron chi connectivity index (χ0n) is 13.0. The molecule has 8 heteroatoms. The lowest BCUT2D eigenvalue weighted by atomic mass is 9.99. The molecular weight excluding hydrogens is 359 g/mol. The second kappa shape index (κ2) is 8.67. The summed E-state index contributed by atoms with van der Waals surface area (Å²) in [5.74, 6) is 0. The molecule has 1 aromatic rings. The lowest BCUT2D eigenvalue weighted by Gasteiger charge is -2.14. The van der Waals surface area contributed by atoms with E-state index in [-0.39, 0.29) is 15.8 Å². The van der Waals surface area contributed by atoms with Crippen LogP contribution >= 0.6 is 23.8 Å². The number of hydrazone groups is 1. The minimum Gasteiger partial charge on any atom is -0.330 e. The summed E-state index contributed by atoms with van der Waals surface area (Å²) >= 11 is 11.0. The molecule has 0 spiro atoms. The Morgan fingerprint density at radius 1 is 1.08 bits per heavy atom. The fourth-order valence-electron chi connectivity index (χ4n) is 2.50. The van der Waals surface area contributed by atoms with Crippen LogP contribution in [0, 0.1) is 0 Å². The Kier molecular flexibility index (Phi) is 6.86. The second-order valence-electron chi connectivity index (χ2n) is 5.70. The third kappa shape index (κ3) is 5.94. The highest BCUT2D eigenvalue weighted by molar-refractivity contribution is 7.80. The largest absolute Gasteiger partial charge is 0.416 e. The van der Waals surface area contributed by atoms with Crippen LogP contribution in [0.15, 0.2) is 23.3 Å². The molecule has 24 heavy (non-hydrogen) atoms. The van der Waals surface area contributed by atoms with Crippen LogP contribution in [0.4, 0.5) is 18.9 Å². The molecule has 1 aromatic carbocycles. The van der Waals surface area contributed by atoms with Crippen LogP contribution in [0.1, 0.15) is 50.5 Å². The number of rotatable bonds is 2. The van der Waals surface area contributed by atoms with Gasteiger partial charge in [-0.15, -0.1) is 0 Å². The fraction of sp³-hybridized carbons (Fsp3) is 0.500. The van der Waals surface area contributed by atoms with Crippen LogP contribution in [0.3, 0.4) is 0 Å². The van der Waals surface area contributed by atoms with E-state index in [2.05, 4.69) is 15.8 Å². The number of anilines is 1. The van der Waals surface area contributed by atoms with Gasteiger partial charge in [0.25, 0.3) is 0 Å². The van der Waals surface area contributed by atoms with Gasteiger partial charge in [0.15, 0.2) is 5.11 Å². The van der Waals surface area contributed by atoms with E-state index in [9.17, 15) is 13.2 Å². The molecule has 0 bridgehead atoms. The van der Waals surface area contributed by atoms with E-state index in [0.717, 1.165) is 43.5 Å². The monoisotopic (exact) mass is 377 g/mol. The second-order valence-corrected chi connectivity index (χ2v) is 6.52. The SMILES string of the molecule is FC(F)(F)c1ccc(Cl)c(NC(=S)NN=C2CCCCCCC2)c1. The van der Waals surface area contributed by atoms with Crippen molar-refractivity contribution in [2.24, 2.45) is 5.10 Å². The first-order chi connectivity index (χ1) is 11.4. The van der Waals surface area contributed by atoms with Gasteiger partial charge in [0, 0.05) is 5.71 Å². The number of nitrogens with one attached hydrogen (secondary N) is 2. The number of nitrogens with zero attached hydrogens (tertiary/aromatic N) is 1. The Morgan fingerprint density at radius 3 is 2.33 bits per heavy atom. The van der Waals surface area contributed by atoms with Crippen LogP contribution in [-0.4, -0.2) is 10.8 Å². The van der Waals surface area contributed by atoms with E-state index >= 15 is 0 Å². The predicted octanol–water partition coefficient (Wildman–Crippen LogP) is 5.75. The number of alkyl halides is 3.